The van der Waals surface area contributed by atoms with Gasteiger partial charge in [-0.25, -0.2) is 9.98 Å². The van der Waals surface area contributed by atoms with Crippen molar-refractivity contribution in [1.82, 2.24) is 9.97 Å². The molecule has 0 bridgehead atoms. The summed E-state index contributed by atoms with van der Waals surface area (Å²) < 4.78 is 0. The minimum Gasteiger partial charge on any atom is -0.256 e. The number of para-hydroxylation sites is 1. The fourth-order valence-corrected chi connectivity index (χ4v) is 7.04. The van der Waals surface area contributed by atoms with Gasteiger partial charge in [0.25, 0.3) is 0 Å². The molecule has 9 rings (SSSR count). The number of nitrogens with zero attached hydrogens (tertiary/aromatic N) is 3. The molecule has 0 aliphatic rings. The average Bonchev–Trinajstić information content (AvgIpc) is 3.26. The van der Waals surface area contributed by atoms with E-state index in [1.165, 1.54) is 0 Å². The number of hydrogen-bond donors (Lipinski definition) is 0. The Morgan fingerprint density at radius 3 is 1.56 bits per heavy atom. The molecular weight excluding hydrogens is 655 g/mol. The zero-order chi connectivity index (χ0) is 36.1. The lowest BCUT2D eigenvalue weighted by molar-refractivity contribution is 1.26. The maximum absolute atomic E-state index is 5.50. The van der Waals surface area contributed by atoms with Crippen molar-refractivity contribution < 1.29 is 0 Å². The molecule has 9 aromatic rings. The van der Waals surface area contributed by atoms with E-state index < -0.39 is 0 Å². The third-order valence-corrected chi connectivity index (χ3v) is 9.72. The standard InChI is InChI=1S/C51H35N3/c1-5-16-36(17-6-1)40-28-29-52-48(33-40)44-34-49(43-31-41(37-18-7-2-8-19-37)30-42(32-43)38-20-9-3-10-21-38)54-50(35-44)51(53-45-24-11-4-12-25-45)47-27-15-23-39-22-13-14-26-46(39)47/h1-35H. The average molecular weight is 690 g/mol. The second-order valence-electron chi connectivity index (χ2n) is 13.3. The molecule has 0 atom stereocenters. The Morgan fingerprint density at radius 1 is 0.370 bits per heavy atom. The van der Waals surface area contributed by atoms with Gasteiger partial charge in [-0.3, -0.25) is 4.98 Å². The topological polar surface area (TPSA) is 38.1 Å². The summed E-state index contributed by atoms with van der Waals surface area (Å²) in [5, 5.41) is 2.26. The molecule has 54 heavy (non-hydrogen) atoms. The Hall–Kier alpha value is -7.23. The maximum Gasteiger partial charge on any atom is 0.0972 e. The first-order valence-corrected chi connectivity index (χ1v) is 18.2. The minimum atomic E-state index is 0.765. The maximum atomic E-state index is 5.50. The van der Waals surface area contributed by atoms with Gasteiger partial charge in [0.2, 0.25) is 0 Å². The molecule has 0 unspecified atom stereocenters. The second kappa shape index (κ2) is 14.8. The zero-order valence-corrected chi connectivity index (χ0v) is 29.5. The van der Waals surface area contributed by atoms with Crippen LogP contribution in [-0.2, 0) is 0 Å². The first kappa shape index (κ1) is 32.7. The third kappa shape index (κ3) is 6.87. The van der Waals surface area contributed by atoms with E-state index in [2.05, 4.69) is 170 Å². The second-order valence-corrected chi connectivity index (χ2v) is 13.3. The minimum absolute atomic E-state index is 0.765. The van der Waals surface area contributed by atoms with Crippen molar-refractivity contribution in [2.45, 2.75) is 0 Å². The summed E-state index contributed by atoms with van der Waals surface area (Å²) in [6.45, 7) is 0. The van der Waals surface area contributed by atoms with Gasteiger partial charge in [-0.15, -0.1) is 0 Å². The Balaban J connectivity index is 1.32. The molecule has 0 N–H and O–H groups in total. The third-order valence-electron chi connectivity index (χ3n) is 9.72. The van der Waals surface area contributed by atoms with Gasteiger partial charge in [0.05, 0.1) is 28.5 Å². The highest BCUT2D eigenvalue weighted by molar-refractivity contribution is 6.19. The molecule has 0 spiro atoms. The summed E-state index contributed by atoms with van der Waals surface area (Å²) in [5.41, 5.74) is 13.9. The first-order chi connectivity index (χ1) is 26.7. The molecular formula is C51H35N3. The number of aromatic nitrogens is 2. The van der Waals surface area contributed by atoms with Crippen LogP contribution < -0.4 is 0 Å². The number of pyridine rings is 2. The molecule has 0 aliphatic carbocycles. The quantitative estimate of drug-likeness (QED) is 0.149. The SMILES string of the molecule is c1ccc(N=C(c2cc(-c3cc(-c4ccccc4)ccn3)cc(-c3cc(-c4ccccc4)cc(-c4ccccc4)c3)n2)c2cccc3ccccc23)cc1. The van der Waals surface area contributed by atoms with Crippen molar-refractivity contribution in [2.24, 2.45) is 4.99 Å². The van der Waals surface area contributed by atoms with Crippen molar-refractivity contribution in [1.29, 1.82) is 0 Å². The van der Waals surface area contributed by atoms with E-state index in [1.54, 1.807) is 0 Å². The van der Waals surface area contributed by atoms with Crippen molar-refractivity contribution in [3.05, 3.63) is 224 Å². The number of fused-ring (bicyclic) bond motifs is 1. The van der Waals surface area contributed by atoms with Gasteiger partial charge in [0.15, 0.2) is 0 Å². The molecule has 3 nitrogen and oxygen atoms in total. The van der Waals surface area contributed by atoms with Crippen molar-refractivity contribution in [3.63, 3.8) is 0 Å². The van der Waals surface area contributed by atoms with Gasteiger partial charge in [-0.1, -0.05) is 152 Å². The Labute approximate surface area is 315 Å². The van der Waals surface area contributed by atoms with Crippen LogP contribution in [0.3, 0.4) is 0 Å². The molecule has 0 aliphatic heterocycles. The van der Waals surface area contributed by atoms with Crippen LogP contribution in [-0.4, -0.2) is 15.7 Å². The van der Waals surface area contributed by atoms with E-state index in [1.807, 2.05) is 42.6 Å². The van der Waals surface area contributed by atoms with Crippen molar-refractivity contribution >= 4 is 22.2 Å². The number of rotatable bonds is 8. The fourth-order valence-electron chi connectivity index (χ4n) is 7.04. The van der Waals surface area contributed by atoms with Crippen LogP contribution in [0.1, 0.15) is 11.3 Å². The smallest absolute Gasteiger partial charge is 0.0972 e. The largest absolute Gasteiger partial charge is 0.256 e. The lowest BCUT2D eigenvalue weighted by atomic mass is 9.93. The molecule has 0 fully saturated rings. The van der Waals surface area contributed by atoms with E-state index in [4.69, 9.17) is 15.0 Å². The number of benzene rings is 7. The summed E-state index contributed by atoms with van der Waals surface area (Å²) in [5.74, 6) is 0. The van der Waals surface area contributed by atoms with Crippen molar-refractivity contribution in [3.8, 4) is 55.9 Å². The van der Waals surface area contributed by atoms with Gasteiger partial charge in [0, 0.05) is 22.9 Å². The highest BCUT2D eigenvalue weighted by atomic mass is 14.8. The van der Waals surface area contributed by atoms with Crippen LogP contribution in [0.15, 0.2) is 217 Å². The predicted octanol–water partition coefficient (Wildman–Crippen LogP) is 13.1. The molecule has 2 heterocycles. The van der Waals surface area contributed by atoms with Crippen LogP contribution in [0.4, 0.5) is 5.69 Å². The molecule has 2 aromatic heterocycles. The summed E-state index contributed by atoms with van der Waals surface area (Å²) in [7, 11) is 0. The molecule has 0 saturated heterocycles. The Bertz CT molecular complexity index is 2680. The number of hydrogen-bond acceptors (Lipinski definition) is 3. The van der Waals surface area contributed by atoms with E-state index >= 15 is 0 Å². The lowest BCUT2D eigenvalue weighted by Crippen LogP contribution is -2.08. The van der Waals surface area contributed by atoms with Gasteiger partial charge < -0.3 is 0 Å². The Kier molecular flexibility index (Phi) is 8.94. The monoisotopic (exact) mass is 689 g/mol. The van der Waals surface area contributed by atoms with Crippen LogP contribution >= 0.6 is 0 Å². The van der Waals surface area contributed by atoms with Crippen LogP contribution in [0.2, 0.25) is 0 Å². The van der Waals surface area contributed by atoms with Crippen molar-refractivity contribution in [2.75, 3.05) is 0 Å². The summed E-state index contributed by atoms with van der Waals surface area (Å²) in [4.78, 5) is 15.8. The van der Waals surface area contributed by atoms with Crippen LogP contribution in [0.5, 0.6) is 0 Å². The van der Waals surface area contributed by atoms with Crippen LogP contribution in [0.25, 0.3) is 66.7 Å². The molecule has 3 heteroatoms. The number of aliphatic imine (C=N–C) groups is 1. The molecule has 254 valence electrons. The van der Waals surface area contributed by atoms with E-state index in [0.717, 1.165) is 89.3 Å². The molecule has 0 saturated carbocycles. The summed E-state index contributed by atoms with van der Waals surface area (Å²) >= 11 is 0. The highest BCUT2D eigenvalue weighted by Gasteiger charge is 2.18. The molecule has 7 aromatic carbocycles. The molecule has 0 amide bonds. The van der Waals surface area contributed by atoms with E-state index in [-0.39, 0.29) is 0 Å². The predicted molar refractivity (Wildman–Crippen MR) is 225 cm³/mol. The van der Waals surface area contributed by atoms with Gasteiger partial charge in [-0.2, -0.15) is 0 Å². The zero-order valence-electron chi connectivity index (χ0n) is 29.5. The normalized spacial score (nSPS) is 11.4. The Morgan fingerprint density at radius 2 is 0.889 bits per heavy atom. The van der Waals surface area contributed by atoms with Gasteiger partial charge in [0.1, 0.15) is 0 Å². The van der Waals surface area contributed by atoms with E-state index in [9.17, 15) is 0 Å². The fraction of sp³-hybridized carbons (Fsp3) is 0. The first-order valence-electron chi connectivity index (χ1n) is 18.2. The molecule has 0 radical (unpaired) electrons. The highest BCUT2D eigenvalue weighted by Crippen LogP contribution is 2.35. The van der Waals surface area contributed by atoms with Crippen LogP contribution in [0, 0.1) is 0 Å². The van der Waals surface area contributed by atoms with E-state index in [0.29, 0.717) is 0 Å². The van der Waals surface area contributed by atoms with Gasteiger partial charge in [-0.05, 0) is 98.8 Å². The lowest BCUT2D eigenvalue weighted by Gasteiger charge is -2.16. The summed E-state index contributed by atoms with van der Waals surface area (Å²) in [6, 6.07) is 71.8. The van der Waals surface area contributed by atoms with Gasteiger partial charge >= 0.3 is 0 Å². The summed E-state index contributed by atoms with van der Waals surface area (Å²) in [6.07, 6.45) is 1.89.